The molecule has 0 aliphatic rings. The average molecular weight is 560 g/mol. The highest BCUT2D eigenvalue weighted by atomic mass is 127. The van der Waals surface area contributed by atoms with Crippen LogP contribution in [0.5, 0.6) is 5.75 Å². The minimum absolute atomic E-state index is 0.0195. The molecule has 1 N–H and O–H groups in total. The van der Waals surface area contributed by atoms with E-state index < -0.39 is 15.8 Å². The van der Waals surface area contributed by atoms with Crippen LogP contribution in [0.15, 0.2) is 71.8 Å². The molecule has 11 heteroatoms. The predicted octanol–water partition coefficient (Wildman–Crippen LogP) is 4.38. The number of carbonyl (C=O) groups is 1. The number of ether oxygens (including phenoxy) is 1. The maximum Gasteiger partial charge on any atom is 0.273 e. The first-order valence-electron chi connectivity index (χ1n) is 9.53. The Morgan fingerprint density at radius 1 is 1.03 bits per heavy atom. The Bertz CT molecular complexity index is 1210. The summed E-state index contributed by atoms with van der Waals surface area (Å²) in [5.74, 6) is 0.157. The zero-order valence-corrected chi connectivity index (χ0v) is 19.2. The topological polar surface area (TPSA) is 137 Å². The van der Waals surface area contributed by atoms with Crippen molar-refractivity contribution < 1.29 is 19.4 Å². The minimum Gasteiger partial charge on any atom is -0.488 e. The summed E-state index contributed by atoms with van der Waals surface area (Å²) in [5, 5.41) is 25.7. The second-order valence-electron chi connectivity index (χ2n) is 6.76. The molecule has 3 aromatic rings. The molecule has 0 spiro atoms. The van der Waals surface area contributed by atoms with Crippen molar-refractivity contribution >= 4 is 46.1 Å². The third-order valence-corrected chi connectivity index (χ3v) is 5.28. The second-order valence-corrected chi connectivity index (χ2v) is 7.92. The summed E-state index contributed by atoms with van der Waals surface area (Å²) in [4.78, 5) is 32.8. The third-order valence-electron chi connectivity index (χ3n) is 4.44. The molecule has 0 bridgehead atoms. The first-order valence-corrected chi connectivity index (χ1v) is 10.6. The molecule has 0 saturated heterocycles. The predicted molar refractivity (Wildman–Crippen MR) is 129 cm³/mol. The van der Waals surface area contributed by atoms with Gasteiger partial charge in [0.2, 0.25) is 5.91 Å². The smallest absolute Gasteiger partial charge is 0.273 e. The summed E-state index contributed by atoms with van der Waals surface area (Å²) in [6, 6.07) is 17.5. The van der Waals surface area contributed by atoms with Gasteiger partial charge in [0.15, 0.2) is 0 Å². The molecule has 0 unspecified atom stereocenters. The number of hydrogen-bond donors (Lipinski definition) is 1. The lowest BCUT2D eigenvalue weighted by Crippen LogP contribution is -2.20. The molecule has 0 heterocycles. The summed E-state index contributed by atoms with van der Waals surface area (Å²) in [6.07, 6.45) is 1.29. The van der Waals surface area contributed by atoms with Gasteiger partial charge in [-0.05, 0) is 64.0 Å². The molecule has 0 saturated carbocycles. The van der Waals surface area contributed by atoms with E-state index in [1.165, 1.54) is 30.5 Å². The molecule has 0 aromatic heterocycles. The van der Waals surface area contributed by atoms with Crippen LogP contribution in [0.25, 0.3) is 0 Å². The van der Waals surface area contributed by atoms with Gasteiger partial charge in [-0.1, -0.05) is 18.2 Å². The highest BCUT2D eigenvalue weighted by Crippen LogP contribution is 2.23. The highest BCUT2D eigenvalue weighted by molar-refractivity contribution is 14.1. The molecule has 168 valence electrons. The van der Waals surface area contributed by atoms with Crippen molar-refractivity contribution in [1.29, 1.82) is 0 Å². The maximum atomic E-state index is 12.1. The normalized spacial score (nSPS) is 10.7. The van der Waals surface area contributed by atoms with E-state index in [0.29, 0.717) is 16.9 Å². The molecule has 3 aromatic carbocycles. The fourth-order valence-corrected chi connectivity index (χ4v) is 3.51. The quantitative estimate of drug-likeness (QED) is 0.179. The minimum atomic E-state index is -0.529. The van der Waals surface area contributed by atoms with Gasteiger partial charge in [0, 0.05) is 23.8 Å². The molecule has 0 radical (unpaired) electrons. The van der Waals surface area contributed by atoms with Gasteiger partial charge in [-0.3, -0.25) is 25.0 Å². The number of carbonyl (C=O) groups excluding carboxylic acids is 1. The van der Waals surface area contributed by atoms with Gasteiger partial charge in [0.05, 0.1) is 26.1 Å². The van der Waals surface area contributed by atoms with Crippen molar-refractivity contribution in [2.75, 3.05) is 0 Å². The summed E-state index contributed by atoms with van der Waals surface area (Å²) in [7, 11) is 0. The highest BCUT2D eigenvalue weighted by Gasteiger charge is 2.15. The third kappa shape index (κ3) is 6.80. The van der Waals surface area contributed by atoms with E-state index in [1.807, 2.05) is 6.07 Å². The van der Waals surface area contributed by atoms with Crippen molar-refractivity contribution in [3.05, 3.63) is 107 Å². The summed E-state index contributed by atoms with van der Waals surface area (Å²) >= 11 is 2.11. The van der Waals surface area contributed by atoms with Crippen molar-refractivity contribution in [3.63, 3.8) is 0 Å². The molecule has 10 nitrogen and oxygen atoms in total. The number of non-ortho nitro benzene ring substituents is 1. The van der Waals surface area contributed by atoms with Crippen molar-refractivity contribution in [2.24, 2.45) is 5.10 Å². The zero-order chi connectivity index (χ0) is 23.8. The summed E-state index contributed by atoms with van der Waals surface area (Å²) in [5.41, 5.74) is 4.08. The molecule has 0 atom stereocenters. The number of nitro benzene ring substituents is 2. The van der Waals surface area contributed by atoms with Crippen LogP contribution in [-0.2, 0) is 17.8 Å². The van der Waals surface area contributed by atoms with Gasteiger partial charge in [0.1, 0.15) is 12.4 Å². The van der Waals surface area contributed by atoms with E-state index in [-0.39, 0.29) is 24.4 Å². The molecular weight excluding hydrogens is 543 g/mol. The summed E-state index contributed by atoms with van der Waals surface area (Å²) < 4.78 is 6.58. The Hall–Kier alpha value is -3.87. The van der Waals surface area contributed by atoms with E-state index in [2.05, 4.69) is 33.1 Å². The lowest BCUT2D eigenvalue weighted by atomic mass is 10.1. The van der Waals surface area contributed by atoms with Crippen LogP contribution in [0, 0.1) is 23.8 Å². The largest absolute Gasteiger partial charge is 0.488 e. The van der Waals surface area contributed by atoms with Gasteiger partial charge in [-0.2, -0.15) is 5.10 Å². The Labute approximate surface area is 201 Å². The number of halogens is 1. The Morgan fingerprint density at radius 2 is 1.76 bits per heavy atom. The fraction of sp³-hybridized carbons (Fsp3) is 0.0909. The van der Waals surface area contributed by atoms with Crippen LogP contribution < -0.4 is 10.2 Å². The van der Waals surface area contributed by atoms with E-state index in [9.17, 15) is 25.0 Å². The van der Waals surface area contributed by atoms with Gasteiger partial charge >= 0.3 is 0 Å². The number of nitro groups is 2. The Balaban J connectivity index is 1.54. The number of para-hydroxylation sites is 1. The van der Waals surface area contributed by atoms with E-state index >= 15 is 0 Å². The average Bonchev–Trinajstić information content (AvgIpc) is 2.79. The standard InChI is InChI=1S/C22H17IN4O6/c23-19-11-16(7-10-21(19)33-14-15-5-8-18(9-6-15)26(29)30)13-24-25-22(28)12-17-3-1-2-4-20(17)27(31)32/h1-11,13H,12,14H2,(H,25,28)/b24-13+. The molecule has 33 heavy (non-hydrogen) atoms. The second kappa shape index (κ2) is 11.1. The zero-order valence-electron chi connectivity index (χ0n) is 17.0. The van der Waals surface area contributed by atoms with Crippen LogP contribution in [0.4, 0.5) is 11.4 Å². The maximum absolute atomic E-state index is 12.1. The SMILES string of the molecule is O=C(Cc1ccccc1[N+](=O)[O-])N/N=C/c1ccc(OCc2ccc([N+](=O)[O-])cc2)c(I)c1. The first-order chi connectivity index (χ1) is 15.8. The monoisotopic (exact) mass is 560 g/mol. The van der Waals surface area contributed by atoms with Crippen LogP contribution in [0.2, 0.25) is 0 Å². The first kappa shape index (κ1) is 23.8. The van der Waals surface area contributed by atoms with Crippen LogP contribution in [-0.4, -0.2) is 22.0 Å². The molecule has 1 amide bonds. The van der Waals surface area contributed by atoms with Crippen LogP contribution >= 0.6 is 22.6 Å². The number of hydrogen-bond acceptors (Lipinski definition) is 7. The van der Waals surface area contributed by atoms with Gasteiger partial charge < -0.3 is 4.74 Å². The molecular formula is C22H17IN4O6. The fourth-order valence-electron chi connectivity index (χ4n) is 2.82. The van der Waals surface area contributed by atoms with E-state index in [0.717, 1.165) is 9.13 Å². The number of amides is 1. The lowest BCUT2D eigenvalue weighted by Gasteiger charge is -2.09. The van der Waals surface area contributed by atoms with Crippen molar-refractivity contribution in [1.82, 2.24) is 5.43 Å². The number of hydrazone groups is 1. The number of nitrogens with zero attached hydrogens (tertiary/aromatic N) is 3. The summed E-state index contributed by atoms with van der Waals surface area (Å²) in [6.45, 7) is 0.253. The molecule has 3 rings (SSSR count). The van der Waals surface area contributed by atoms with Crippen LogP contribution in [0.3, 0.4) is 0 Å². The Morgan fingerprint density at radius 3 is 2.42 bits per heavy atom. The van der Waals surface area contributed by atoms with Crippen molar-refractivity contribution in [3.8, 4) is 5.75 Å². The lowest BCUT2D eigenvalue weighted by molar-refractivity contribution is -0.385. The van der Waals surface area contributed by atoms with Gasteiger partial charge in [0.25, 0.3) is 11.4 Å². The molecule has 0 fully saturated rings. The number of nitrogens with one attached hydrogen (secondary N) is 1. The van der Waals surface area contributed by atoms with E-state index in [1.54, 1.807) is 36.4 Å². The number of benzene rings is 3. The number of rotatable bonds is 9. The molecule has 0 aliphatic heterocycles. The Kier molecular flexibility index (Phi) is 8.02. The van der Waals surface area contributed by atoms with Gasteiger partial charge in [-0.25, -0.2) is 5.43 Å². The van der Waals surface area contributed by atoms with Crippen LogP contribution in [0.1, 0.15) is 16.7 Å². The van der Waals surface area contributed by atoms with E-state index in [4.69, 9.17) is 4.74 Å². The molecule has 0 aliphatic carbocycles. The van der Waals surface area contributed by atoms with Crippen molar-refractivity contribution in [2.45, 2.75) is 13.0 Å². The van der Waals surface area contributed by atoms with Gasteiger partial charge in [-0.15, -0.1) is 0 Å².